The fourth-order valence-electron chi connectivity index (χ4n) is 2.16. The number of carboxylic acids is 1. The summed E-state index contributed by atoms with van der Waals surface area (Å²) < 4.78 is 0. The molecule has 1 aromatic heterocycles. The van der Waals surface area contributed by atoms with Crippen LogP contribution in [0.15, 0.2) is 0 Å². The molecule has 0 aliphatic carbocycles. The van der Waals surface area contributed by atoms with E-state index in [0.717, 1.165) is 17.7 Å². The zero-order valence-corrected chi connectivity index (χ0v) is 14.1. The standard InChI is InChI=1S/C15H24N2O3S/c1-6-8(2)7-9(3)16-15(20)17-13-12(14(18)19)10(4)11(5)21-13/h8-9H,6-7H2,1-5H3,(H,18,19)(H2,16,17,20). The molecule has 0 saturated heterocycles. The van der Waals surface area contributed by atoms with Crippen molar-refractivity contribution in [2.75, 3.05) is 5.32 Å². The Bertz CT molecular complexity index is 525. The lowest BCUT2D eigenvalue weighted by Crippen LogP contribution is -2.37. The van der Waals surface area contributed by atoms with Gasteiger partial charge in [-0.3, -0.25) is 5.32 Å². The van der Waals surface area contributed by atoms with Crippen LogP contribution in [0.1, 0.15) is 54.4 Å². The van der Waals surface area contributed by atoms with Crippen LogP contribution in [0.4, 0.5) is 9.80 Å². The van der Waals surface area contributed by atoms with Gasteiger partial charge in [0.15, 0.2) is 0 Å². The topological polar surface area (TPSA) is 78.4 Å². The number of hydrogen-bond donors (Lipinski definition) is 3. The number of rotatable bonds is 6. The number of aryl methyl sites for hydroxylation is 1. The van der Waals surface area contributed by atoms with Gasteiger partial charge in [-0.1, -0.05) is 20.3 Å². The van der Waals surface area contributed by atoms with Crippen LogP contribution in [-0.4, -0.2) is 23.1 Å². The van der Waals surface area contributed by atoms with E-state index in [1.807, 2.05) is 13.8 Å². The number of carbonyl (C=O) groups is 2. The van der Waals surface area contributed by atoms with Crippen molar-refractivity contribution in [3.05, 3.63) is 16.0 Å². The monoisotopic (exact) mass is 312 g/mol. The molecule has 0 bridgehead atoms. The number of urea groups is 1. The van der Waals surface area contributed by atoms with Gasteiger partial charge in [0.2, 0.25) is 0 Å². The Morgan fingerprint density at radius 3 is 2.43 bits per heavy atom. The largest absolute Gasteiger partial charge is 0.478 e. The predicted octanol–water partition coefficient (Wildman–Crippen LogP) is 4.01. The van der Waals surface area contributed by atoms with Gasteiger partial charge >= 0.3 is 12.0 Å². The van der Waals surface area contributed by atoms with Crippen molar-refractivity contribution in [3.8, 4) is 0 Å². The van der Waals surface area contributed by atoms with Gasteiger partial charge in [-0.15, -0.1) is 11.3 Å². The molecule has 5 nitrogen and oxygen atoms in total. The molecule has 0 saturated carbocycles. The van der Waals surface area contributed by atoms with Crippen LogP contribution in [0.25, 0.3) is 0 Å². The van der Waals surface area contributed by atoms with Gasteiger partial charge < -0.3 is 10.4 Å². The predicted molar refractivity (Wildman–Crippen MR) is 86.4 cm³/mol. The van der Waals surface area contributed by atoms with Gasteiger partial charge in [0.25, 0.3) is 0 Å². The summed E-state index contributed by atoms with van der Waals surface area (Å²) in [6, 6.07) is -0.301. The maximum Gasteiger partial charge on any atom is 0.338 e. The van der Waals surface area contributed by atoms with Gasteiger partial charge in [-0.05, 0) is 38.7 Å². The zero-order chi connectivity index (χ0) is 16.2. The number of amides is 2. The molecular formula is C15H24N2O3S. The van der Waals surface area contributed by atoms with Crippen molar-refractivity contribution < 1.29 is 14.7 Å². The molecule has 1 heterocycles. The molecule has 3 N–H and O–H groups in total. The molecule has 0 fully saturated rings. The van der Waals surface area contributed by atoms with Crippen molar-refractivity contribution in [1.29, 1.82) is 0 Å². The third-order valence-corrected chi connectivity index (χ3v) is 4.78. The molecule has 2 unspecified atom stereocenters. The fraction of sp³-hybridized carbons (Fsp3) is 0.600. The van der Waals surface area contributed by atoms with Gasteiger partial charge in [-0.25, -0.2) is 9.59 Å². The molecule has 118 valence electrons. The molecule has 6 heteroatoms. The summed E-state index contributed by atoms with van der Waals surface area (Å²) in [5.74, 6) is -0.471. The minimum Gasteiger partial charge on any atom is -0.478 e. The highest BCUT2D eigenvalue weighted by Gasteiger charge is 2.20. The molecule has 0 spiro atoms. The van der Waals surface area contributed by atoms with E-state index in [1.54, 1.807) is 6.92 Å². The van der Waals surface area contributed by atoms with Crippen molar-refractivity contribution >= 4 is 28.3 Å². The highest BCUT2D eigenvalue weighted by Crippen LogP contribution is 2.32. The third kappa shape index (κ3) is 4.74. The maximum absolute atomic E-state index is 12.0. The van der Waals surface area contributed by atoms with E-state index in [0.29, 0.717) is 16.5 Å². The van der Waals surface area contributed by atoms with E-state index in [2.05, 4.69) is 24.5 Å². The Hall–Kier alpha value is -1.56. The molecular weight excluding hydrogens is 288 g/mol. The van der Waals surface area contributed by atoms with Crippen molar-refractivity contribution in [2.24, 2.45) is 5.92 Å². The second-order valence-electron chi connectivity index (χ2n) is 5.54. The second-order valence-corrected chi connectivity index (χ2v) is 6.77. The van der Waals surface area contributed by atoms with E-state index in [9.17, 15) is 14.7 Å². The SMILES string of the molecule is CCC(C)CC(C)NC(=O)Nc1sc(C)c(C)c1C(=O)O. The average Bonchev–Trinajstić information content (AvgIpc) is 2.63. The molecule has 0 aromatic carbocycles. The van der Waals surface area contributed by atoms with E-state index in [4.69, 9.17) is 0 Å². The molecule has 21 heavy (non-hydrogen) atoms. The number of hydrogen-bond acceptors (Lipinski definition) is 3. The summed E-state index contributed by atoms with van der Waals surface area (Å²) in [5, 5.41) is 15.2. The first kappa shape index (κ1) is 17.5. The van der Waals surface area contributed by atoms with E-state index < -0.39 is 5.97 Å². The maximum atomic E-state index is 12.0. The van der Waals surface area contributed by atoms with Gasteiger partial charge in [0.05, 0.1) is 5.56 Å². The third-order valence-electron chi connectivity index (χ3n) is 3.66. The van der Waals surface area contributed by atoms with Crippen LogP contribution >= 0.6 is 11.3 Å². The first-order valence-corrected chi connectivity index (χ1v) is 7.98. The summed E-state index contributed by atoms with van der Waals surface area (Å²) in [5.41, 5.74) is 0.887. The quantitative estimate of drug-likeness (QED) is 0.742. The molecule has 2 atom stereocenters. The highest BCUT2D eigenvalue weighted by molar-refractivity contribution is 7.16. The van der Waals surface area contributed by atoms with Crippen LogP contribution in [0.3, 0.4) is 0 Å². The lowest BCUT2D eigenvalue weighted by Gasteiger charge is -2.17. The Kier molecular flexibility index (Phi) is 6.20. The Balaban J connectivity index is 2.71. The normalized spacial score (nSPS) is 13.6. The first-order chi connectivity index (χ1) is 9.76. The summed E-state index contributed by atoms with van der Waals surface area (Å²) in [6.45, 7) is 9.82. The van der Waals surface area contributed by atoms with Crippen LogP contribution in [-0.2, 0) is 0 Å². The van der Waals surface area contributed by atoms with Crippen molar-refractivity contribution in [1.82, 2.24) is 5.32 Å². The Labute approximate surface area is 129 Å². The van der Waals surface area contributed by atoms with Crippen LogP contribution in [0.2, 0.25) is 0 Å². The van der Waals surface area contributed by atoms with Crippen LogP contribution in [0, 0.1) is 19.8 Å². The Morgan fingerprint density at radius 2 is 1.90 bits per heavy atom. The van der Waals surface area contributed by atoms with Gasteiger partial charge in [0, 0.05) is 10.9 Å². The molecule has 0 aliphatic heterocycles. The number of nitrogens with one attached hydrogen (secondary N) is 2. The second kappa shape index (κ2) is 7.45. The molecule has 2 amide bonds. The lowest BCUT2D eigenvalue weighted by atomic mass is 10.0. The number of carbonyl (C=O) groups excluding carboxylic acids is 1. The molecule has 1 rings (SSSR count). The van der Waals surface area contributed by atoms with Crippen LogP contribution in [0.5, 0.6) is 0 Å². The summed E-state index contributed by atoms with van der Waals surface area (Å²) in [7, 11) is 0. The smallest absolute Gasteiger partial charge is 0.338 e. The zero-order valence-electron chi connectivity index (χ0n) is 13.2. The summed E-state index contributed by atoms with van der Waals surface area (Å²) >= 11 is 1.29. The van der Waals surface area contributed by atoms with Crippen molar-refractivity contribution in [3.63, 3.8) is 0 Å². The number of anilines is 1. The average molecular weight is 312 g/mol. The molecule has 0 aliphatic rings. The minimum atomic E-state index is -1.01. The number of aromatic carboxylic acids is 1. The van der Waals surface area contributed by atoms with E-state index in [1.165, 1.54) is 11.3 Å². The summed E-state index contributed by atoms with van der Waals surface area (Å²) in [4.78, 5) is 24.2. The Morgan fingerprint density at radius 1 is 1.29 bits per heavy atom. The number of thiophene rings is 1. The first-order valence-electron chi connectivity index (χ1n) is 7.17. The minimum absolute atomic E-state index is 0.0513. The molecule has 0 radical (unpaired) electrons. The van der Waals surface area contributed by atoms with Crippen molar-refractivity contribution in [2.45, 2.75) is 53.5 Å². The van der Waals surface area contributed by atoms with Gasteiger partial charge in [0.1, 0.15) is 5.00 Å². The van der Waals surface area contributed by atoms with Gasteiger partial charge in [-0.2, -0.15) is 0 Å². The fourth-order valence-corrected chi connectivity index (χ4v) is 3.21. The van der Waals surface area contributed by atoms with E-state index in [-0.39, 0.29) is 17.6 Å². The van der Waals surface area contributed by atoms with Crippen LogP contribution < -0.4 is 10.6 Å². The van der Waals surface area contributed by atoms with E-state index >= 15 is 0 Å². The number of carboxylic acid groups (broad SMARTS) is 1. The molecule has 1 aromatic rings. The highest BCUT2D eigenvalue weighted by atomic mass is 32.1. The summed E-state index contributed by atoms with van der Waals surface area (Å²) in [6.07, 6.45) is 1.97. The lowest BCUT2D eigenvalue weighted by molar-refractivity contribution is 0.0697.